The first-order valence-electron chi connectivity index (χ1n) is 12.1. The van der Waals surface area contributed by atoms with Crippen molar-refractivity contribution in [2.45, 2.75) is 37.6 Å². The van der Waals surface area contributed by atoms with Gasteiger partial charge in [0.05, 0.1) is 32.4 Å². The maximum Gasteiger partial charge on any atom is 0.427 e. The molecule has 5 rings (SSSR count). The third-order valence-corrected chi connectivity index (χ3v) is 7.08. The third-order valence-electron chi connectivity index (χ3n) is 7.08. The highest BCUT2D eigenvalue weighted by atomic mass is 19.4. The van der Waals surface area contributed by atoms with Crippen molar-refractivity contribution in [2.24, 2.45) is 5.92 Å². The summed E-state index contributed by atoms with van der Waals surface area (Å²) < 4.78 is 65.3. The first kappa shape index (κ1) is 26.3. The van der Waals surface area contributed by atoms with Crippen molar-refractivity contribution in [2.75, 3.05) is 25.6 Å². The number of anilines is 1. The van der Waals surface area contributed by atoms with Gasteiger partial charge in [-0.2, -0.15) is 13.2 Å². The van der Waals surface area contributed by atoms with E-state index in [2.05, 4.69) is 17.2 Å². The second-order valence-corrected chi connectivity index (χ2v) is 9.63. The van der Waals surface area contributed by atoms with Crippen molar-refractivity contribution in [3.05, 3.63) is 58.9 Å². The van der Waals surface area contributed by atoms with Crippen molar-refractivity contribution in [1.29, 1.82) is 0 Å². The number of urea groups is 2. The number of rotatable bonds is 5. The van der Waals surface area contributed by atoms with Gasteiger partial charge in [0.1, 0.15) is 11.6 Å². The van der Waals surface area contributed by atoms with Gasteiger partial charge in [-0.1, -0.05) is 24.0 Å². The number of hydrogen-bond donors (Lipinski definition) is 1. The third kappa shape index (κ3) is 4.51. The van der Waals surface area contributed by atoms with E-state index in [0.717, 1.165) is 22.9 Å². The Labute approximate surface area is 221 Å². The number of imide groups is 1. The van der Waals surface area contributed by atoms with Gasteiger partial charge in [-0.25, -0.2) is 14.0 Å². The van der Waals surface area contributed by atoms with Crippen LogP contribution in [0.1, 0.15) is 29.5 Å². The fraction of sp³-hybridized carbons (Fsp3) is 0.370. The maximum absolute atomic E-state index is 15.5. The number of hydrogen-bond acceptors (Lipinski definition) is 4. The van der Waals surface area contributed by atoms with Crippen LogP contribution in [0.2, 0.25) is 0 Å². The zero-order chi connectivity index (χ0) is 28.1. The van der Waals surface area contributed by atoms with E-state index in [0.29, 0.717) is 35.1 Å². The van der Waals surface area contributed by atoms with Gasteiger partial charge in [0.2, 0.25) is 11.4 Å². The molecule has 3 aliphatic rings. The molecule has 12 heteroatoms. The molecule has 0 bridgehead atoms. The van der Waals surface area contributed by atoms with E-state index < -0.39 is 47.6 Å². The van der Waals surface area contributed by atoms with Gasteiger partial charge in [-0.15, -0.1) is 0 Å². The second kappa shape index (κ2) is 9.48. The van der Waals surface area contributed by atoms with Gasteiger partial charge < -0.3 is 10.1 Å². The Morgan fingerprint density at radius 1 is 1.08 bits per heavy atom. The lowest BCUT2D eigenvalue weighted by Crippen LogP contribution is -2.62. The SMILES string of the molecule is COc1ccc(CN2C(=O)N(C)[C@](C#CC3CC3)(C(F)(F)F)c3cc(F)c(CN4C(=O)CNC4=O)cc32)cc1. The standard InChI is InChI=1S/C27H24F4N4O4/c1-33-25(38)34(14-17-5-7-19(39-2)8-6-17)22-11-18(15-35-23(36)13-32-24(35)37)21(28)12-20(22)26(33,27(29,30)31)10-9-16-3-4-16/h5-8,11-12,16H,3-4,13-15H2,1-2H3,(H,32,37)/t26-/m0/s1. The number of nitrogens with zero attached hydrogens (tertiary/aromatic N) is 3. The first-order valence-corrected chi connectivity index (χ1v) is 12.1. The van der Waals surface area contributed by atoms with Crippen LogP contribution in [0.15, 0.2) is 36.4 Å². The molecule has 39 heavy (non-hydrogen) atoms. The van der Waals surface area contributed by atoms with E-state index in [1.165, 1.54) is 7.11 Å². The molecule has 1 saturated heterocycles. The molecule has 2 aromatic rings. The molecule has 8 nitrogen and oxygen atoms in total. The van der Waals surface area contributed by atoms with Gasteiger partial charge in [0.25, 0.3) is 0 Å². The zero-order valence-corrected chi connectivity index (χ0v) is 21.1. The predicted molar refractivity (Wildman–Crippen MR) is 131 cm³/mol. The Morgan fingerprint density at radius 3 is 2.33 bits per heavy atom. The minimum Gasteiger partial charge on any atom is -0.497 e. The number of benzene rings is 2. The van der Waals surface area contributed by atoms with E-state index in [1.54, 1.807) is 24.3 Å². The van der Waals surface area contributed by atoms with E-state index >= 15 is 4.39 Å². The molecule has 2 aromatic carbocycles. The highest BCUT2D eigenvalue weighted by Gasteiger charge is 2.64. The Kier molecular flexibility index (Phi) is 6.40. The summed E-state index contributed by atoms with van der Waals surface area (Å²) in [6.07, 6.45) is -3.78. The molecule has 2 aliphatic heterocycles. The first-order chi connectivity index (χ1) is 18.5. The molecule has 2 heterocycles. The summed E-state index contributed by atoms with van der Waals surface area (Å²) in [5.74, 6) is 3.57. The summed E-state index contributed by atoms with van der Waals surface area (Å²) in [7, 11) is 2.48. The largest absolute Gasteiger partial charge is 0.497 e. The van der Waals surface area contributed by atoms with Gasteiger partial charge in [-0.3, -0.25) is 19.5 Å². The van der Waals surface area contributed by atoms with Crippen molar-refractivity contribution >= 4 is 23.7 Å². The van der Waals surface area contributed by atoms with E-state index in [9.17, 15) is 27.6 Å². The van der Waals surface area contributed by atoms with Crippen molar-refractivity contribution < 1.29 is 36.7 Å². The molecule has 204 valence electrons. The van der Waals surface area contributed by atoms with E-state index in [1.807, 2.05) is 0 Å². The fourth-order valence-electron chi connectivity index (χ4n) is 4.70. The molecule has 0 unspecified atom stereocenters. The molecule has 1 saturated carbocycles. The monoisotopic (exact) mass is 544 g/mol. The molecule has 0 radical (unpaired) electrons. The summed E-state index contributed by atoms with van der Waals surface area (Å²) in [6.45, 7) is -0.929. The lowest BCUT2D eigenvalue weighted by Gasteiger charge is -2.47. The Balaban J connectivity index is 1.68. The predicted octanol–water partition coefficient (Wildman–Crippen LogP) is 4.13. The van der Waals surface area contributed by atoms with Crippen LogP contribution in [0.3, 0.4) is 0 Å². The lowest BCUT2D eigenvalue weighted by atomic mass is 9.83. The topological polar surface area (TPSA) is 82.2 Å². The fourth-order valence-corrected chi connectivity index (χ4v) is 4.70. The maximum atomic E-state index is 15.5. The van der Waals surface area contributed by atoms with Crippen molar-refractivity contribution in [3.63, 3.8) is 0 Å². The average molecular weight is 545 g/mol. The number of methoxy groups -OCH3 is 1. The molecule has 0 spiro atoms. The molecule has 1 aliphatic carbocycles. The van der Waals surface area contributed by atoms with Crippen LogP contribution in [-0.4, -0.2) is 54.6 Å². The quantitative estimate of drug-likeness (QED) is 0.349. The van der Waals surface area contributed by atoms with Crippen LogP contribution in [0.5, 0.6) is 5.75 Å². The number of carbonyl (C=O) groups is 3. The van der Waals surface area contributed by atoms with Gasteiger partial charge in [-0.05, 0) is 42.7 Å². The number of carbonyl (C=O) groups excluding carboxylic acids is 3. The minimum atomic E-state index is -5.07. The summed E-state index contributed by atoms with van der Waals surface area (Å²) in [6, 6.07) is 6.66. The molecule has 2 fully saturated rings. The Hall–Kier alpha value is -4.27. The molecule has 1 atom stereocenters. The lowest BCUT2D eigenvalue weighted by molar-refractivity contribution is -0.204. The van der Waals surface area contributed by atoms with E-state index in [-0.39, 0.29) is 30.3 Å². The molecular formula is C27H24F4N4O4. The Morgan fingerprint density at radius 2 is 1.77 bits per heavy atom. The molecule has 0 aromatic heterocycles. The summed E-state index contributed by atoms with van der Waals surface area (Å²) in [5.41, 5.74) is -3.50. The molecule has 5 amide bonds. The number of halogens is 4. The molecular weight excluding hydrogens is 520 g/mol. The van der Waals surface area contributed by atoms with Crippen LogP contribution in [-0.2, 0) is 23.4 Å². The van der Waals surface area contributed by atoms with Gasteiger partial charge >= 0.3 is 18.2 Å². The van der Waals surface area contributed by atoms with Crippen LogP contribution < -0.4 is 15.0 Å². The summed E-state index contributed by atoms with van der Waals surface area (Å²) >= 11 is 0. The van der Waals surface area contributed by atoms with Gasteiger partial charge in [0.15, 0.2) is 0 Å². The number of fused-ring (bicyclic) bond motifs is 1. The summed E-state index contributed by atoms with van der Waals surface area (Å²) in [5, 5.41) is 2.32. The minimum absolute atomic E-state index is 0.141. The van der Waals surface area contributed by atoms with Crippen molar-refractivity contribution in [1.82, 2.24) is 15.1 Å². The van der Waals surface area contributed by atoms with Crippen LogP contribution in [0.4, 0.5) is 32.8 Å². The normalized spacial score (nSPS) is 21.0. The second-order valence-electron chi connectivity index (χ2n) is 9.63. The van der Waals surface area contributed by atoms with Crippen LogP contribution in [0.25, 0.3) is 0 Å². The van der Waals surface area contributed by atoms with Crippen molar-refractivity contribution in [3.8, 4) is 17.6 Å². The number of ether oxygens (including phenoxy) is 1. The Bertz CT molecular complexity index is 1400. The number of alkyl halides is 3. The number of nitrogens with one attached hydrogen (secondary N) is 1. The highest BCUT2D eigenvalue weighted by Crippen LogP contribution is 2.51. The average Bonchev–Trinajstić information content (AvgIpc) is 3.67. The van der Waals surface area contributed by atoms with E-state index in [4.69, 9.17) is 4.74 Å². The summed E-state index contributed by atoms with van der Waals surface area (Å²) in [4.78, 5) is 40.2. The van der Waals surface area contributed by atoms with Crippen LogP contribution in [0, 0.1) is 23.6 Å². The number of amides is 5. The zero-order valence-electron chi connectivity index (χ0n) is 21.1. The highest BCUT2D eigenvalue weighted by molar-refractivity contribution is 6.02. The molecule has 1 N–H and O–H groups in total. The van der Waals surface area contributed by atoms with Crippen LogP contribution >= 0.6 is 0 Å². The smallest absolute Gasteiger partial charge is 0.427 e. The van der Waals surface area contributed by atoms with Gasteiger partial charge in [0, 0.05) is 24.1 Å².